The predicted molar refractivity (Wildman–Crippen MR) is 98.3 cm³/mol. The van der Waals surface area contributed by atoms with Gasteiger partial charge in [0, 0.05) is 14.4 Å². The Kier molecular flexibility index (Phi) is 3.47. The molecule has 0 heterocycles. The molecule has 0 N–H and O–H groups in total. The molecular formula is C20H14Br2. The van der Waals surface area contributed by atoms with E-state index in [1.807, 2.05) is 0 Å². The van der Waals surface area contributed by atoms with Gasteiger partial charge in [-0.2, -0.15) is 0 Å². The first kappa shape index (κ1) is 14.2. The van der Waals surface area contributed by atoms with Crippen LogP contribution in [0.1, 0.15) is 22.3 Å². The van der Waals surface area contributed by atoms with Gasteiger partial charge in [0.15, 0.2) is 0 Å². The average molecular weight is 414 g/mol. The molecule has 4 rings (SSSR count). The Morgan fingerprint density at radius 1 is 0.636 bits per heavy atom. The molecule has 0 radical (unpaired) electrons. The molecule has 1 aliphatic rings. The number of fused-ring (bicyclic) bond motifs is 1. The number of hydrogen-bond donors (Lipinski definition) is 0. The van der Waals surface area contributed by atoms with Gasteiger partial charge in [-0.05, 0) is 52.9 Å². The summed E-state index contributed by atoms with van der Waals surface area (Å²) in [5.74, 6) is 0. The van der Waals surface area contributed by atoms with Crippen LogP contribution in [0, 0.1) is 0 Å². The van der Waals surface area contributed by atoms with Gasteiger partial charge in [0.2, 0.25) is 0 Å². The van der Waals surface area contributed by atoms with Gasteiger partial charge in [-0.1, -0.05) is 80.4 Å². The van der Waals surface area contributed by atoms with E-state index in [9.17, 15) is 0 Å². The lowest BCUT2D eigenvalue weighted by atomic mass is 9.57. The van der Waals surface area contributed by atoms with Crippen molar-refractivity contribution < 1.29 is 0 Å². The summed E-state index contributed by atoms with van der Waals surface area (Å²) in [6.07, 6.45) is 1.06. The van der Waals surface area contributed by atoms with E-state index in [2.05, 4.69) is 105 Å². The Labute approximate surface area is 147 Å². The maximum absolute atomic E-state index is 3.54. The van der Waals surface area contributed by atoms with Crippen molar-refractivity contribution in [3.8, 4) is 0 Å². The highest BCUT2D eigenvalue weighted by Crippen LogP contribution is 2.51. The van der Waals surface area contributed by atoms with Gasteiger partial charge in [-0.25, -0.2) is 0 Å². The second kappa shape index (κ2) is 5.36. The van der Waals surface area contributed by atoms with Crippen LogP contribution in [0.2, 0.25) is 0 Å². The van der Waals surface area contributed by atoms with Crippen LogP contribution in [0.25, 0.3) is 0 Å². The molecule has 0 spiro atoms. The smallest absolute Gasteiger partial charge is 0.0494 e. The van der Waals surface area contributed by atoms with E-state index in [-0.39, 0.29) is 5.41 Å². The largest absolute Gasteiger partial charge is 0.0620 e. The highest BCUT2D eigenvalue weighted by Gasteiger charge is 2.45. The summed E-state index contributed by atoms with van der Waals surface area (Å²) in [5, 5.41) is 0. The summed E-state index contributed by atoms with van der Waals surface area (Å²) in [5.41, 5.74) is 5.58. The Balaban J connectivity index is 1.94. The van der Waals surface area contributed by atoms with E-state index in [1.54, 1.807) is 0 Å². The van der Waals surface area contributed by atoms with Crippen LogP contribution >= 0.6 is 31.9 Å². The fourth-order valence-electron chi connectivity index (χ4n) is 3.52. The molecule has 0 nitrogen and oxygen atoms in total. The lowest BCUT2D eigenvalue weighted by Crippen LogP contribution is -2.41. The van der Waals surface area contributed by atoms with Gasteiger partial charge in [0.25, 0.3) is 0 Å². The second-order valence-corrected chi connectivity index (χ2v) is 7.58. The van der Waals surface area contributed by atoms with Crippen molar-refractivity contribution in [3.05, 3.63) is 104 Å². The van der Waals surface area contributed by atoms with E-state index < -0.39 is 0 Å². The van der Waals surface area contributed by atoms with E-state index >= 15 is 0 Å². The normalized spacial score (nSPS) is 15.0. The first-order valence-electron chi connectivity index (χ1n) is 7.31. The third-order valence-corrected chi connectivity index (χ3v) is 5.66. The van der Waals surface area contributed by atoms with Crippen molar-refractivity contribution in [3.63, 3.8) is 0 Å². The molecular weight excluding hydrogens is 400 g/mol. The molecule has 3 aromatic rings. The standard InChI is InChI=1S/C20H14Br2/c21-17-9-5-15(6-10-17)20(16-7-11-18(22)12-8-16)13-14-3-1-2-4-19(14)20/h1-12H,13H2. The van der Waals surface area contributed by atoms with Crippen molar-refractivity contribution in [2.24, 2.45) is 0 Å². The SMILES string of the molecule is Brc1ccc(C2(c3ccc(Br)cc3)Cc3ccccc32)cc1. The predicted octanol–water partition coefficient (Wildman–Crippen LogP) is 6.10. The van der Waals surface area contributed by atoms with Gasteiger partial charge in [0.1, 0.15) is 0 Å². The monoisotopic (exact) mass is 412 g/mol. The Morgan fingerprint density at radius 2 is 1.14 bits per heavy atom. The second-order valence-electron chi connectivity index (χ2n) is 5.75. The zero-order valence-electron chi connectivity index (χ0n) is 11.9. The van der Waals surface area contributed by atoms with Crippen LogP contribution in [0.3, 0.4) is 0 Å². The third-order valence-electron chi connectivity index (χ3n) is 4.61. The molecule has 0 bridgehead atoms. The van der Waals surface area contributed by atoms with Crippen molar-refractivity contribution in [1.29, 1.82) is 0 Å². The maximum Gasteiger partial charge on any atom is 0.0494 e. The van der Waals surface area contributed by atoms with Crippen molar-refractivity contribution in [2.45, 2.75) is 11.8 Å². The van der Waals surface area contributed by atoms with E-state index in [0.717, 1.165) is 15.4 Å². The topological polar surface area (TPSA) is 0 Å². The van der Waals surface area contributed by atoms with Gasteiger partial charge in [-0.15, -0.1) is 0 Å². The van der Waals surface area contributed by atoms with Crippen LogP contribution in [-0.4, -0.2) is 0 Å². The molecule has 1 aliphatic carbocycles. The molecule has 0 amide bonds. The highest BCUT2D eigenvalue weighted by atomic mass is 79.9. The fourth-order valence-corrected chi connectivity index (χ4v) is 4.04. The average Bonchev–Trinajstić information content (AvgIpc) is 2.52. The van der Waals surface area contributed by atoms with Gasteiger partial charge in [-0.3, -0.25) is 0 Å². The van der Waals surface area contributed by atoms with Crippen LogP contribution in [-0.2, 0) is 11.8 Å². The summed E-state index contributed by atoms with van der Waals surface area (Å²) < 4.78 is 2.24. The summed E-state index contributed by atoms with van der Waals surface area (Å²) >= 11 is 7.09. The minimum absolute atomic E-state index is 0.0159. The Morgan fingerprint density at radius 3 is 1.64 bits per heavy atom. The van der Waals surface area contributed by atoms with E-state index in [0.29, 0.717) is 0 Å². The van der Waals surface area contributed by atoms with Gasteiger partial charge < -0.3 is 0 Å². The van der Waals surface area contributed by atoms with Crippen LogP contribution < -0.4 is 0 Å². The summed E-state index contributed by atoms with van der Waals surface area (Å²) in [7, 11) is 0. The van der Waals surface area contributed by atoms with Crippen molar-refractivity contribution in [1.82, 2.24) is 0 Å². The lowest BCUT2D eigenvalue weighted by Gasteiger charge is -2.45. The van der Waals surface area contributed by atoms with Crippen LogP contribution in [0.15, 0.2) is 81.7 Å². The number of halogens is 2. The first-order chi connectivity index (χ1) is 10.7. The lowest BCUT2D eigenvalue weighted by molar-refractivity contribution is 0.537. The summed E-state index contributed by atoms with van der Waals surface area (Å²) in [6.45, 7) is 0. The minimum Gasteiger partial charge on any atom is -0.0620 e. The summed E-state index contributed by atoms with van der Waals surface area (Å²) in [4.78, 5) is 0. The van der Waals surface area contributed by atoms with Crippen LogP contribution in [0.5, 0.6) is 0 Å². The maximum atomic E-state index is 3.54. The van der Waals surface area contributed by atoms with Crippen molar-refractivity contribution >= 4 is 31.9 Å². The van der Waals surface area contributed by atoms with Crippen LogP contribution in [0.4, 0.5) is 0 Å². The molecule has 0 atom stereocenters. The Bertz CT molecular complexity index is 772. The molecule has 0 aromatic heterocycles. The molecule has 0 saturated carbocycles. The fraction of sp³-hybridized carbons (Fsp3) is 0.100. The molecule has 2 heteroatoms. The quantitative estimate of drug-likeness (QED) is 0.475. The third kappa shape index (κ3) is 2.09. The number of benzene rings is 3. The minimum atomic E-state index is -0.0159. The zero-order valence-corrected chi connectivity index (χ0v) is 15.1. The molecule has 108 valence electrons. The molecule has 3 aromatic carbocycles. The number of rotatable bonds is 2. The van der Waals surface area contributed by atoms with Crippen molar-refractivity contribution in [2.75, 3.05) is 0 Å². The van der Waals surface area contributed by atoms with Gasteiger partial charge >= 0.3 is 0 Å². The first-order valence-corrected chi connectivity index (χ1v) is 8.89. The van der Waals surface area contributed by atoms with E-state index in [4.69, 9.17) is 0 Å². The molecule has 0 fully saturated rings. The molecule has 22 heavy (non-hydrogen) atoms. The van der Waals surface area contributed by atoms with E-state index in [1.165, 1.54) is 22.3 Å². The Hall–Kier alpha value is -1.38. The zero-order chi connectivity index (χ0) is 15.2. The molecule has 0 unspecified atom stereocenters. The molecule has 0 aliphatic heterocycles. The highest BCUT2D eigenvalue weighted by molar-refractivity contribution is 9.10. The molecule has 0 saturated heterocycles. The summed E-state index contributed by atoms with van der Waals surface area (Å²) in [6, 6.07) is 26.3. The number of hydrogen-bond acceptors (Lipinski definition) is 0. The van der Waals surface area contributed by atoms with Gasteiger partial charge in [0.05, 0.1) is 0 Å².